The number of likely N-dealkylation sites (tertiary alicyclic amines) is 1. The van der Waals surface area contributed by atoms with E-state index in [1.54, 1.807) is 17.2 Å². The van der Waals surface area contributed by atoms with E-state index in [0.29, 0.717) is 31.2 Å². The van der Waals surface area contributed by atoms with Crippen molar-refractivity contribution in [2.24, 2.45) is 23.2 Å². The summed E-state index contributed by atoms with van der Waals surface area (Å²) < 4.78 is 24.8. The normalized spacial score (nSPS) is 30.1. The number of amides is 2. The third kappa shape index (κ3) is 5.36. The van der Waals surface area contributed by atoms with Gasteiger partial charge in [0.2, 0.25) is 0 Å². The van der Waals surface area contributed by atoms with E-state index in [1.165, 1.54) is 0 Å². The molecule has 5 aliphatic rings. The van der Waals surface area contributed by atoms with Crippen molar-refractivity contribution in [1.82, 2.24) is 10.2 Å². The van der Waals surface area contributed by atoms with E-state index in [1.807, 2.05) is 44.2 Å². The molecule has 228 valence electrons. The molecule has 5 fully saturated rings. The minimum atomic E-state index is -0.643. The number of carbonyl (C=O) groups excluding carboxylic acids is 2. The molecule has 3 heterocycles. The molecule has 1 aromatic heterocycles. The number of carbonyl (C=O) groups is 2. The Balaban J connectivity index is 1.16. The maximum Gasteiger partial charge on any atom is 0.482 e. The lowest BCUT2D eigenvalue weighted by molar-refractivity contribution is -0.199. The van der Waals surface area contributed by atoms with Gasteiger partial charge in [-0.1, -0.05) is 52.0 Å². The lowest BCUT2D eigenvalue weighted by Gasteiger charge is -2.64. The Hall–Kier alpha value is -3.29. The van der Waals surface area contributed by atoms with Gasteiger partial charge < -0.3 is 28.7 Å². The molecular formula is C33H42BN3O6. The largest absolute Gasteiger partial charge is 0.482 e. The Morgan fingerprint density at radius 1 is 1.26 bits per heavy atom. The number of para-hydroxylation sites is 1. The van der Waals surface area contributed by atoms with Crippen molar-refractivity contribution >= 4 is 30.1 Å². The topological polar surface area (TPSA) is 114 Å². The average Bonchev–Trinajstić information content (AvgIpc) is 3.70. The maximum absolute atomic E-state index is 13.3. The highest BCUT2D eigenvalue weighted by Gasteiger charge is 2.68. The Labute approximate surface area is 254 Å². The summed E-state index contributed by atoms with van der Waals surface area (Å²) in [6.07, 6.45) is 6.82. The molecule has 2 amide bonds. The molecule has 0 spiro atoms. The maximum atomic E-state index is 13.3. The molecule has 1 N–H and O–H groups in total. The van der Waals surface area contributed by atoms with E-state index in [-0.39, 0.29) is 41.6 Å². The van der Waals surface area contributed by atoms with E-state index in [0.717, 1.165) is 35.8 Å². The fourth-order valence-corrected chi connectivity index (χ4v) is 8.00. The zero-order chi connectivity index (χ0) is 30.5. The monoisotopic (exact) mass is 587 g/mol. The number of nitriles is 1. The highest BCUT2D eigenvalue weighted by Crippen LogP contribution is 2.65. The summed E-state index contributed by atoms with van der Waals surface area (Å²) in [6, 6.07) is 9.58. The fourth-order valence-electron chi connectivity index (χ4n) is 8.00. The number of nitrogens with zero attached hydrogens (tertiary/aromatic N) is 2. The number of ether oxygens (including phenoxy) is 1. The minimum absolute atomic E-state index is 0.0260. The van der Waals surface area contributed by atoms with Crippen LogP contribution in [-0.2, 0) is 25.3 Å². The van der Waals surface area contributed by atoms with Gasteiger partial charge in [0.25, 0.3) is 5.91 Å². The Morgan fingerprint density at radius 3 is 2.79 bits per heavy atom. The predicted octanol–water partition coefficient (Wildman–Crippen LogP) is 5.43. The summed E-state index contributed by atoms with van der Waals surface area (Å²) in [6.45, 7) is 11.2. The van der Waals surface area contributed by atoms with Crippen LogP contribution < -0.4 is 5.32 Å². The number of allylic oxidation sites excluding steroid dienone is 1. The molecule has 0 unspecified atom stereocenters. The number of hydrogen-bond donors (Lipinski definition) is 1. The van der Waals surface area contributed by atoms with Gasteiger partial charge >= 0.3 is 13.2 Å². The first-order valence-corrected chi connectivity index (χ1v) is 15.7. The summed E-state index contributed by atoms with van der Waals surface area (Å²) in [4.78, 5) is 28.0. The number of hydrogen-bond acceptors (Lipinski definition) is 7. The van der Waals surface area contributed by atoms with Crippen LogP contribution >= 0.6 is 0 Å². The summed E-state index contributed by atoms with van der Waals surface area (Å²) in [5, 5.41) is 13.6. The van der Waals surface area contributed by atoms with Crippen LogP contribution in [0.2, 0.25) is 0 Å². The molecule has 2 bridgehead atoms. The van der Waals surface area contributed by atoms with Crippen LogP contribution in [0.25, 0.3) is 11.0 Å². The van der Waals surface area contributed by atoms with Crippen LogP contribution in [0.4, 0.5) is 4.79 Å². The Morgan fingerprint density at radius 2 is 2.05 bits per heavy atom. The third-order valence-electron chi connectivity index (χ3n) is 10.5. The highest BCUT2D eigenvalue weighted by atomic mass is 16.7. The number of rotatable bonds is 8. The second-order valence-electron chi connectivity index (χ2n) is 13.9. The van der Waals surface area contributed by atoms with Crippen LogP contribution in [0.1, 0.15) is 65.9 Å². The van der Waals surface area contributed by atoms with Gasteiger partial charge in [-0.05, 0) is 73.8 Å². The highest BCUT2D eigenvalue weighted by molar-refractivity contribution is 6.48. The molecule has 7 rings (SSSR count). The first-order chi connectivity index (χ1) is 20.5. The fraction of sp³-hybridized carbons (Fsp3) is 0.606. The molecule has 10 heteroatoms. The predicted molar refractivity (Wildman–Crippen MR) is 162 cm³/mol. The molecule has 3 aliphatic carbocycles. The molecule has 2 aromatic rings. The SMILES string of the molecule is CC(C)C=C(C#N)C(=O)N1CCC[C@@H]1COC(=O)N[C@@H](Cc1coc2ccccc12)B1O[C@@H]2C[C@@H]3C[C@@H](C3(C)C)[C@]2(C)O1. The lowest BCUT2D eigenvalue weighted by Crippen LogP contribution is -2.65. The molecule has 2 aliphatic heterocycles. The van der Waals surface area contributed by atoms with Crippen molar-refractivity contribution in [3.63, 3.8) is 0 Å². The number of alkyl carbamates (subject to hydrolysis) is 1. The standard InChI is InChI=1S/C33H42BN3O6/c1-20(2)13-21(17-35)30(38)37-12-8-9-24(37)19-41-31(39)36-29(14-22-18-40-26-11-7-6-10-25(22)26)34-42-28-16-23-15-27(32(23,3)4)33(28,5)43-34/h6-7,10-11,13,18,20,23-24,27-29H,8-9,12,14-16,19H2,1-5H3,(H,36,39)/t23-,24+,27-,28+,29-,33-/m0/s1. The number of benzene rings is 1. The quantitative estimate of drug-likeness (QED) is 0.249. The van der Waals surface area contributed by atoms with E-state index < -0.39 is 24.8 Å². The van der Waals surface area contributed by atoms with Crippen molar-refractivity contribution in [3.8, 4) is 6.07 Å². The second kappa shape index (κ2) is 11.3. The molecule has 1 aromatic carbocycles. The molecule has 2 saturated heterocycles. The molecular weight excluding hydrogens is 545 g/mol. The van der Waals surface area contributed by atoms with Gasteiger partial charge in [-0.3, -0.25) is 4.79 Å². The van der Waals surface area contributed by atoms with Crippen LogP contribution in [-0.4, -0.2) is 60.9 Å². The van der Waals surface area contributed by atoms with Gasteiger partial charge in [-0.2, -0.15) is 5.26 Å². The van der Waals surface area contributed by atoms with E-state index in [9.17, 15) is 14.9 Å². The Bertz CT molecular complexity index is 1460. The third-order valence-corrected chi connectivity index (χ3v) is 10.5. The van der Waals surface area contributed by atoms with Crippen LogP contribution in [0.5, 0.6) is 0 Å². The second-order valence-corrected chi connectivity index (χ2v) is 13.9. The van der Waals surface area contributed by atoms with E-state index >= 15 is 0 Å². The minimum Gasteiger partial charge on any atom is -0.464 e. The van der Waals surface area contributed by atoms with E-state index in [4.69, 9.17) is 18.5 Å². The molecule has 3 saturated carbocycles. The summed E-state index contributed by atoms with van der Waals surface area (Å²) in [7, 11) is -0.643. The van der Waals surface area contributed by atoms with Gasteiger partial charge in [-0.15, -0.1) is 0 Å². The van der Waals surface area contributed by atoms with E-state index in [2.05, 4.69) is 26.1 Å². The van der Waals surface area contributed by atoms with Gasteiger partial charge in [0.15, 0.2) is 0 Å². The van der Waals surface area contributed by atoms with Crippen molar-refractivity contribution in [1.29, 1.82) is 5.26 Å². The van der Waals surface area contributed by atoms with Gasteiger partial charge in [0.1, 0.15) is 23.8 Å². The zero-order valence-electron chi connectivity index (χ0n) is 25.8. The van der Waals surface area contributed by atoms with Crippen LogP contribution in [0, 0.1) is 34.5 Å². The zero-order valence-corrected chi connectivity index (χ0v) is 25.8. The summed E-state index contributed by atoms with van der Waals surface area (Å²) in [5.41, 5.74) is 1.64. The molecule has 6 atom stereocenters. The van der Waals surface area contributed by atoms with Gasteiger partial charge in [0.05, 0.1) is 30.0 Å². The van der Waals surface area contributed by atoms with Crippen molar-refractivity contribution in [2.45, 2.75) is 90.4 Å². The lowest BCUT2D eigenvalue weighted by atomic mass is 9.43. The average molecular weight is 588 g/mol. The van der Waals surface area contributed by atoms with Crippen molar-refractivity contribution in [2.75, 3.05) is 13.2 Å². The number of furan rings is 1. The van der Waals surface area contributed by atoms with Crippen molar-refractivity contribution < 1.29 is 28.1 Å². The van der Waals surface area contributed by atoms with Crippen LogP contribution in [0.15, 0.2) is 46.6 Å². The van der Waals surface area contributed by atoms with Crippen molar-refractivity contribution in [3.05, 3.63) is 47.7 Å². The number of fused-ring (bicyclic) bond motifs is 1. The van der Waals surface area contributed by atoms with Gasteiger partial charge in [0, 0.05) is 11.9 Å². The molecule has 43 heavy (non-hydrogen) atoms. The smallest absolute Gasteiger partial charge is 0.464 e. The number of nitrogens with one attached hydrogen (secondary N) is 1. The van der Waals surface area contributed by atoms with Crippen LogP contribution in [0.3, 0.4) is 0 Å². The van der Waals surface area contributed by atoms with Gasteiger partial charge in [-0.25, -0.2) is 4.79 Å². The summed E-state index contributed by atoms with van der Waals surface area (Å²) in [5.74, 6) is 0.258. The molecule has 9 nitrogen and oxygen atoms in total. The summed E-state index contributed by atoms with van der Waals surface area (Å²) >= 11 is 0. The first kappa shape index (κ1) is 29.8. The first-order valence-electron chi connectivity index (χ1n) is 15.7. The Kier molecular flexibility index (Phi) is 7.84. The molecule has 0 radical (unpaired) electrons.